The van der Waals surface area contributed by atoms with E-state index in [-0.39, 0.29) is 0 Å². The van der Waals surface area contributed by atoms with Crippen LogP contribution in [0.5, 0.6) is 0 Å². The highest BCUT2D eigenvalue weighted by Gasteiger charge is 2.27. The van der Waals surface area contributed by atoms with Crippen molar-refractivity contribution in [1.29, 1.82) is 0 Å². The summed E-state index contributed by atoms with van der Waals surface area (Å²) in [5.41, 5.74) is 2.55. The molecule has 1 amide bonds. The largest absolute Gasteiger partial charge is 0.465 e. The van der Waals surface area contributed by atoms with Gasteiger partial charge in [-0.1, -0.05) is 6.07 Å². The van der Waals surface area contributed by atoms with Gasteiger partial charge in [-0.05, 0) is 43.7 Å². The van der Waals surface area contributed by atoms with Gasteiger partial charge >= 0.3 is 6.09 Å². The van der Waals surface area contributed by atoms with Gasteiger partial charge < -0.3 is 15.3 Å². The van der Waals surface area contributed by atoms with Crippen molar-refractivity contribution in [3.05, 3.63) is 29.6 Å². The zero-order valence-corrected chi connectivity index (χ0v) is 11.6. The SMILES string of the molecule is O=C(O)N1CCC(NC2CCCc3cccnc32)CC1. The normalized spacial score (nSPS) is 23.4. The van der Waals surface area contributed by atoms with Crippen molar-refractivity contribution >= 4 is 6.09 Å². The van der Waals surface area contributed by atoms with Gasteiger partial charge in [0, 0.05) is 31.4 Å². The second-order valence-corrected chi connectivity index (χ2v) is 5.70. The summed E-state index contributed by atoms with van der Waals surface area (Å²) in [5, 5.41) is 12.7. The van der Waals surface area contributed by atoms with Gasteiger partial charge in [-0.3, -0.25) is 4.98 Å². The molecule has 1 fully saturated rings. The first kappa shape index (κ1) is 13.4. The molecule has 1 atom stereocenters. The Labute approximate surface area is 119 Å². The maximum absolute atomic E-state index is 10.9. The van der Waals surface area contributed by atoms with Crippen LogP contribution in [0, 0.1) is 0 Å². The Balaban J connectivity index is 1.61. The molecular formula is C15H21N3O2. The van der Waals surface area contributed by atoms with E-state index in [2.05, 4.69) is 16.4 Å². The van der Waals surface area contributed by atoms with Crippen LogP contribution >= 0.6 is 0 Å². The fourth-order valence-electron chi connectivity index (χ4n) is 3.29. The Hall–Kier alpha value is -1.62. The fourth-order valence-corrected chi connectivity index (χ4v) is 3.29. The molecule has 2 N–H and O–H groups in total. The molecule has 0 aromatic carbocycles. The van der Waals surface area contributed by atoms with Crippen molar-refractivity contribution in [2.45, 2.75) is 44.2 Å². The Bertz CT molecular complexity index is 484. The summed E-state index contributed by atoms with van der Waals surface area (Å²) in [5.74, 6) is 0. The van der Waals surface area contributed by atoms with E-state index in [4.69, 9.17) is 5.11 Å². The summed E-state index contributed by atoms with van der Waals surface area (Å²) in [4.78, 5) is 17.0. The molecule has 0 saturated carbocycles. The number of fused-ring (bicyclic) bond motifs is 1. The highest BCUT2D eigenvalue weighted by molar-refractivity contribution is 5.65. The van der Waals surface area contributed by atoms with Crippen molar-refractivity contribution in [1.82, 2.24) is 15.2 Å². The van der Waals surface area contributed by atoms with Crippen LogP contribution in [0.3, 0.4) is 0 Å². The Morgan fingerprint density at radius 2 is 2.15 bits per heavy atom. The second kappa shape index (κ2) is 5.79. The average molecular weight is 275 g/mol. The summed E-state index contributed by atoms with van der Waals surface area (Å²) in [6.45, 7) is 1.27. The molecule has 1 saturated heterocycles. The number of aryl methyl sites for hydroxylation is 1. The molecule has 5 nitrogen and oxygen atoms in total. The average Bonchev–Trinajstić information content (AvgIpc) is 2.48. The predicted molar refractivity (Wildman–Crippen MR) is 75.7 cm³/mol. The van der Waals surface area contributed by atoms with Crippen LogP contribution in [0.4, 0.5) is 4.79 Å². The van der Waals surface area contributed by atoms with E-state index in [0.717, 1.165) is 25.7 Å². The molecule has 1 aromatic rings. The van der Waals surface area contributed by atoms with Crippen molar-refractivity contribution in [3.8, 4) is 0 Å². The van der Waals surface area contributed by atoms with Crippen LogP contribution in [0.15, 0.2) is 18.3 Å². The standard InChI is InChI=1S/C15H21N3O2/c19-15(20)18-9-6-12(7-10-18)17-13-5-1-3-11-4-2-8-16-14(11)13/h2,4,8,12-13,17H,1,3,5-7,9-10H2,(H,19,20). The monoisotopic (exact) mass is 275 g/mol. The number of nitrogens with one attached hydrogen (secondary N) is 1. The molecule has 108 valence electrons. The first-order valence-electron chi connectivity index (χ1n) is 7.42. The number of amides is 1. The fraction of sp³-hybridized carbons (Fsp3) is 0.600. The number of aromatic nitrogens is 1. The van der Waals surface area contributed by atoms with Gasteiger partial charge in [0.2, 0.25) is 0 Å². The summed E-state index contributed by atoms with van der Waals surface area (Å²) < 4.78 is 0. The molecule has 5 heteroatoms. The molecule has 1 aromatic heterocycles. The quantitative estimate of drug-likeness (QED) is 0.868. The van der Waals surface area contributed by atoms with E-state index in [1.807, 2.05) is 12.3 Å². The molecule has 1 aliphatic heterocycles. The van der Waals surface area contributed by atoms with E-state index in [9.17, 15) is 4.79 Å². The van der Waals surface area contributed by atoms with Crippen molar-refractivity contribution in [3.63, 3.8) is 0 Å². The summed E-state index contributed by atoms with van der Waals surface area (Å²) >= 11 is 0. The Kier molecular flexibility index (Phi) is 3.87. The molecule has 3 rings (SSSR count). The highest BCUT2D eigenvalue weighted by atomic mass is 16.4. The maximum atomic E-state index is 10.9. The van der Waals surface area contributed by atoms with Gasteiger partial charge in [-0.15, -0.1) is 0 Å². The number of hydrogen-bond donors (Lipinski definition) is 2. The van der Waals surface area contributed by atoms with Gasteiger partial charge in [0.25, 0.3) is 0 Å². The van der Waals surface area contributed by atoms with Gasteiger partial charge in [-0.2, -0.15) is 0 Å². The molecule has 20 heavy (non-hydrogen) atoms. The molecule has 1 unspecified atom stereocenters. The van der Waals surface area contributed by atoms with Crippen LogP contribution < -0.4 is 5.32 Å². The van der Waals surface area contributed by atoms with Crippen molar-refractivity contribution < 1.29 is 9.90 Å². The summed E-state index contributed by atoms with van der Waals surface area (Å²) in [7, 11) is 0. The predicted octanol–water partition coefficient (Wildman–Crippen LogP) is 2.19. The minimum Gasteiger partial charge on any atom is -0.465 e. The second-order valence-electron chi connectivity index (χ2n) is 5.70. The Morgan fingerprint density at radius 1 is 1.35 bits per heavy atom. The minimum atomic E-state index is -0.798. The first-order valence-corrected chi connectivity index (χ1v) is 7.42. The van der Waals surface area contributed by atoms with E-state index in [1.54, 1.807) is 0 Å². The van der Waals surface area contributed by atoms with Crippen LogP contribution in [-0.4, -0.2) is 40.2 Å². The Morgan fingerprint density at radius 3 is 2.90 bits per heavy atom. The molecule has 0 radical (unpaired) electrons. The van der Waals surface area contributed by atoms with Gasteiger partial charge in [0.1, 0.15) is 0 Å². The zero-order valence-electron chi connectivity index (χ0n) is 11.6. The third-order valence-electron chi connectivity index (χ3n) is 4.40. The zero-order chi connectivity index (χ0) is 13.9. The third-order valence-corrected chi connectivity index (χ3v) is 4.40. The molecule has 0 spiro atoms. The van der Waals surface area contributed by atoms with Gasteiger partial charge in [0.15, 0.2) is 0 Å². The van der Waals surface area contributed by atoms with Crippen LogP contribution in [0.2, 0.25) is 0 Å². The number of carboxylic acid groups (broad SMARTS) is 1. The lowest BCUT2D eigenvalue weighted by Crippen LogP contribution is -2.45. The number of rotatable bonds is 2. The number of pyridine rings is 1. The lowest BCUT2D eigenvalue weighted by atomic mass is 9.90. The molecular weight excluding hydrogens is 254 g/mol. The van der Waals surface area contributed by atoms with Crippen LogP contribution in [0.25, 0.3) is 0 Å². The van der Waals surface area contributed by atoms with Crippen molar-refractivity contribution in [2.75, 3.05) is 13.1 Å². The summed E-state index contributed by atoms with van der Waals surface area (Å²) in [6.07, 6.45) is 6.31. The number of hydrogen-bond acceptors (Lipinski definition) is 3. The maximum Gasteiger partial charge on any atom is 0.407 e. The van der Waals surface area contributed by atoms with E-state index in [1.165, 1.54) is 22.6 Å². The smallest absolute Gasteiger partial charge is 0.407 e. The highest BCUT2D eigenvalue weighted by Crippen LogP contribution is 2.29. The molecule has 0 bridgehead atoms. The molecule has 1 aliphatic carbocycles. The topological polar surface area (TPSA) is 65.5 Å². The number of likely N-dealkylation sites (tertiary alicyclic amines) is 1. The van der Waals surface area contributed by atoms with E-state index >= 15 is 0 Å². The van der Waals surface area contributed by atoms with Gasteiger partial charge in [0.05, 0.1) is 5.69 Å². The number of piperidine rings is 1. The molecule has 2 aliphatic rings. The van der Waals surface area contributed by atoms with Crippen LogP contribution in [-0.2, 0) is 6.42 Å². The van der Waals surface area contributed by atoms with Gasteiger partial charge in [-0.25, -0.2) is 4.79 Å². The van der Waals surface area contributed by atoms with E-state index < -0.39 is 6.09 Å². The lowest BCUT2D eigenvalue weighted by Gasteiger charge is -2.34. The lowest BCUT2D eigenvalue weighted by molar-refractivity contribution is 0.127. The third kappa shape index (κ3) is 2.77. The van der Waals surface area contributed by atoms with Crippen LogP contribution in [0.1, 0.15) is 43.0 Å². The number of carbonyl (C=O) groups is 1. The number of nitrogens with zero attached hydrogens (tertiary/aromatic N) is 2. The molecule has 2 heterocycles. The first-order chi connectivity index (χ1) is 9.74. The summed E-state index contributed by atoms with van der Waals surface area (Å²) in [6, 6.07) is 4.92. The minimum absolute atomic E-state index is 0.335. The van der Waals surface area contributed by atoms with Crippen molar-refractivity contribution in [2.24, 2.45) is 0 Å². The van der Waals surface area contributed by atoms with E-state index in [0.29, 0.717) is 25.2 Å².